The summed E-state index contributed by atoms with van der Waals surface area (Å²) in [6.45, 7) is 2.60. The summed E-state index contributed by atoms with van der Waals surface area (Å²) < 4.78 is 7.31. The number of aromatic nitrogens is 2. The van der Waals surface area contributed by atoms with E-state index in [1.54, 1.807) is 18.1 Å². The lowest BCUT2D eigenvalue weighted by molar-refractivity contribution is -0.120. The van der Waals surface area contributed by atoms with Crippen LogP contribution < -0.4 is 15.4 Å². The van der Waals surface area contributed by atoms with Crippen molar-refractivity contribution >= 4 is 34.9 Å². The molecule has 1 aromatic heterocycles. The van der Waals surface area contributed by atoms with Gasteiger partial charge in [0.2, 0.25) is 0 Å². The van der Waals surface area contributed by atoms with Gasteiger partial charge >= 0.3 is 0 Å². The van der Waals surface area contributed by atoms with E-state index in [0.717, 1.165) is 16.6 Å². The second-order valence-electron chi connectivity index (χ2n) is 4.90. The summed E-state index contributed by atoms with van der Waals surface area (Å²) in [5.41, 5.74) is 7.50. The van der Waals surface area contributed by atoms with Crippen LogP contribution >= 0.6 is 12.4 Å². The van der Waals surface area contributed by atoms with Crippen molar-refractivity contribution in [1.82, 2.24) is 9.78 Å². The van der Waals surface area contributed by atoms with Crippen LogP contribution in [0.5, 0.6) is 5.75 Å². The number of amides is 1. The van der Waals surface area contributed by atoms with E-state index in [4.69, 9.17) is 10.5 Å². The number of nitrogens with two attached hydrogens (primary N) is 1. The third kappa shape index (κ3) is 2.21. The number of hydrogen-bond acceptors (Lipinski definition) is 4. The zero-order valence-corrected chi connectivity index (χ0v) is 12.2. The van der Waals surface area contributed by atoms with E-state index in [-0.39, 0.29) is 31.0 Å². The lowest BCUT2D eigenvalue weighted by atomic mass is 10.1. The molecule has 1 aromatic carbocycles. The number of benzene rings is 1. The first-order valence-corrected chi connectivity index (χ1v) is 6.21. The van der Waals surface area contributed by atoms with E-state index in [1.165, 1.54) is 0 Å². The van der Waals surface area contributed by atoms with Gasteiger partial charge in [0.15, 0.2) is 6.61 Å². The Morgan fingerprint density at radius 1 is 1.50 bits per heavy atom. The van der Waals surface area contributed by atoms with Gasteiger partial charge in [-0.3, -0.25) is 9.48 Å². The highest BCUT2D eigenvalue weighted by Gasteiger charge is 2.26. The number of nitrogens with zero attached hydrogens (tertiary/aromatic N) is 3. The minimum Gasteiger partial charge on any atom is -0.481 e. The first kappa shape index (κ1) is 14.6. The first-order chi connectivity index (χ1) is 9.08. The molecule has 0 spiro atoms. The molecular formula is C13H17ClN4O2. The van der Waals surface area contributed by atoms with Crippen LogP contribution in [-0.4, -0.2) is 35.4 Å². The average molecular weight is 297 g/mol. The number of halogens is 1. The number of fused-ring (bicyclic) bond motifs is 3. The van der Waals surface area contributed by atoms with Gasteiger partial charge in [-0.15, -0.1) is 12.4 Å². The molecule has 0 aliphatic carbocycles. The normalized spacial score (nSPS) is 15.6. The molecule has 0 bridgehead atoms. The van der Waals surface area contributed by atoms with Gasteiger partial charge in [0.1, 0.15) is 11.4 Å². The number of hydrogen-bond donors (Lipinski definition) is 1. The second kappa shape index (κ2) is 5.30. The highest BCUT2D eigenvalue weighted by Crippen LogP contribution is 2.38. The number of carbonyl (C=O) groups is 1. The molecule has 0 saturated heterocycles. The average Bonchev–Trinajstić information content (AvgIpc) is 2.76. The first-order valence-electron chi connectivity index (χ1n) is 6.21. The van der Waals surface area contributed by atoms with E-state index in [2.05, 4.69) is 5.10 Å². The molecular weight excluding hydrogens is 280 g/mol. The van der Waals surface area contributed by atoms with Crippen molar-refractivity contribution in [1.29, 1.82) is 0 Å². The smallest absolute Gasteiger partial charge is 0.264 e. The van der Waals surface area contributed by atoms with Crippen LogP contribution in [0.3, 0.4) is 0 Å². The van der Waals surface area contributed by atoms with Gasteiger partial charge in [-0.2, -0.15) is 5.10 Å². The predicted molar refractivity (Wildman–Crippen MR) is 79.5 cm³/mol. The van der Waals surface area contributed by atoms with Gasteiger partial charge in [0, 0.05) is 18.5 Å². The summed E-state index contributed by atoms with van der Waals surface area (Å²) >= 11 is 0. The quantitative estimate of drug-likeness (QED) is 0.902. The van der Waals surface area contributed by atoms with Gasteiger partial charge in [0.05, 0.1) is 18.3 Å². The molecule has 1 aliphatic heterocycles. The summed E-state index contributed by atoms with van der Waals surface area (Å²) in [5.74, 6) is 0.648. The van der Waals surface area contributed by atoms with Crippen LogP contribution in [0.1, 0.15) is 6.92 Å². The second-order valence-corrected chi connectivity index (χ2v) is 4.90. The van der Waals surface area contributed by atoms with Crippen molar-refractivity contribution in [2.24, 2.45) is 5.73 Å². The van der Waals surface area contributed by atoms with Crippen molar-refractivity contribution in [3.63, 3.8) is 0 Å². The van der Waals surface area contributed by atoms with Gasteiger partial charge in [-0.05, 0) is 19.1 Å². The summed E-state index contributed by atoms with van der Waals surface area (Å²) in [4.78, 5) is 13.4. The molecule has 2 heterocycles. The largest absolute Gasteiger partial charge is 0.481 e. The minimum atomic E-state index is -0.0615. The van der Waals surface area contributed by atoms with Crippen LogP contribution in [0.15, 0.2) is 18.3 Å². The molecule has 0 unspecified atom stereocenters. The number of rotatable bonds is 2. The monoisotopic (exact) mass is 296 g/mol. The van der Waals surface area contributed by atoms with Gasteiger partial charge in [-0.25, -0.2) is 0 Å². The summed E-state index contributed by atoms with van der Waals surface area (Å²) in [6.07, 6.45) is 1.78. The van der Waals surface area contributed by atoms with Crippen molar-refractivity contribution in [2.45, 2.75) is 19.5 Å². The zero-order chi connectivity index (χ0) is 13.6. The van der Waals surface area contributed by atoms with Crippen LogP contribution in [0.4, 0.5) is 5.69 Å². The Morgan fingerprint density at radius 2 is 2.25 bits per heavy atom. The molecule has 1 amide bonds. The highest BCUT2D eigenvalue weighted by molar-refractivity contribution is 6.06. The van der Waals surface area contributed by atoms with Crippen LogP contribution in [0.2, 0.25) is 0 Å². The van der Waals surface area contributed by atoms with E-state index < -0.39 is 0 Å². The van der Waals surface area contributed by atoms with E-state index >= 15 is 0 Å². The maximum Gasteiger partial charge on any atom is 0.264 e. The Morgan fingerprint density at radius 3 is 2.95 bits per heavy atom. The lowest BCUT2D eigenvalue weighted by Crippen LogP contribution is -2.36. The Bertz CT molecular complexity index is 653. The number of anilines is 1. The van der Waals surface area contributed by atoms with Crippen molar-refractivity contribution in [3.8, 4) is 5.75 Å². The summed E-state index contributed by atoms with van der Waals surface area (Å²) in [5, 5.41) is 5.32. The SMILES string of the molecule is C[C@H](N)Cn1ncc2ccc3c(c21)N(C)C(=O)CO3.Cl. The maximum atomic E-state index is 11.8. The van der Waals surface area contributed by atoms with Gasteiger partial charge in [0.25, 0.3) is 5.91 Å². The van der Waals surface area contributed by atoms with Crippen LogP contribution in [0.25, 0.3) is 10.9 Å². The predicted octanol–water partition coefficient (Wildman–Crippen LogP) is 1.16. The van der Waals surface area contributed by atoms with Crippen LogP contribution in [0, 0.1) is 0 Å². The topological polar surface area (TPSA) is 73.4 Å². The third-order valence-electron chi connectivity index (χ3n) is 3.26. The lowest BCUT2D eigenvalue weighted by Gasteiger charge is -2.27. The highest BCUT2D eigenvalue weighted by atomic mass is 35.5. The molecule has 0 fully saturated rings. The van der Waals surface area contributed by atoms with E-state index in [1.807, 2.05) is 23.7 Å². The molecule has 6 nitrogen and oxygen atoms in total. The molecule has 20 heavy (non-hydrogen) atoms. The zero-order valence-electron chi connectivity index (χ0n) is 11.4. The standard InChI is InChI=1S/C13H16N4O2.ClH/c1-8(14)6-17-12-9(5-15-17)3-4-10-13(12)16(2)11(18)7-19-10;/h3-5,8H,6-7,14H2,1-2H3;1H/t8-;/m0./s1. The number of ether oxygens (including phenoxy) is 1. The Hall–Kier alpha value is -1.79. The van der Waals surface area contributed by atoms with Crippen molar-refractivity contribution in [2.75, 3.05) is 18.6 Å². The molecule has 0 saturated carbocycles. The number of likely N-dealkylation sites (N-methyl/N-ethyl adjacent to an activating group) is 1. The molecule has 0 radical (unpaired) electrons. The van der Waals surface area contributed by atoms with Gasteiger partial charge in [-0.1, -0.05) is 0 Å². The molecule has 2 N–H and O–H groups in total. The van der Waals surface area contributed by atoms with Crippen molar-refractivity contribution < 1.29 is 9.53 Å². The molecule has 3 rings (SSSR count). The van der Waals surface area contributed by atoms with Crippen molar-refractivity contribution in [3.05, 3.63) is 18.3 Å². The van der Waals surface area contributed by atoms with E-state index in [0.29, 0.717) is 12.3 Å². The van der Waals surface area contributed by atoms with Crippen LogP contribution in [-0.2, 0) is 11.3 Å². The summed E-state index contributed by atoms with van der Waals surface area (Å²) in [7, 11) is 1.76. The maximum absolute atomic E-state index is 11.8. The Balaban J connectivity index is 0.00000147. The fourth-order valence-electron chi connectivity index (χ4n) is 2.35. The van der Waals surface area contributed by atoms with E-state index in [9.17, 15) is 4.79 Å². The molecule has 7 heteroatoms. The number of carbonyl (C=O) groups excluding carboxylic acids is 1. The third-order valence-corrected chi connectivity index (χ3v) is 3.26. The minimum absolute atomic E-state index is 0. The fraction of sp³-hybridized carbons (Fsp3) is 0.385. The Labute approximate surface area is 122 Å². The summed E-state index contributed by atoms with van der Waals surface area (Å²) in [6, 6.07) is 3.81. The fourth-order valence-corrected chi connectivity index (χ4v) is 2.35. The molecule has 1 atom stereocenters. The molecule has 1 aliphatic rings. The Kier molecular flexibility index (Phi) is 3.87. The molecule has 108 valence electrons. The van der Waals surface area contributed by atoms with Gasteiger partial charge < -0.3 is 15.4 Å². The molecule has 2 aromatic rings.